The maximum Gasteiger partial charge on any atom is 0.220 e. The van der Waals surface area contributed by atoms with Crippen molar-refractivity contribution in [1.29, 1.82) is 0 Å². The van der Waals surface area contributed by atoms with Gasteiger partial charge in [0, 0.05) is 37.8 Å². The highest BCUT2D eigenvalue weighted by Crippen LogP contribution is 2.21. The summed E-state index contributed by atoms with van der Waals surface area (Å²) in [7, 11) is 1.63. The van der Waals surface area contributed by atoms with Crippen LogP contribution < -0.4 is 15.0 Å². The molecule has 2 aromatic heterocycles. The molecule has 4 rings (SSSR count). The number of carbonyl (C=O) groups is 1. The Labute approximate surface area is 193 Å². The van der Waals surface area contributed by atoms with Gasteiger partial charge in [0.15, 0.2) is 5.82 Å². The Bertz CT molecular complexity index is 1110. The van der Waals surface area contributed by atoms with Crippen molar-refractivity contribution in [3.05, 3.63) is 59.2 Å². The van der Waals surface area contributed by atoms with Crippen LogP contribution in [0.3, 0.4) is 0 Å². The van der Waals surface area contributed by atoms with E-state index in [-0.39, 0.29) is 5.91 Å². The predicted molar refractivity (Wildman–Crippen MR) is 125 cm³/mol. The highest BCUT2D eigenvalue weighted by molar-refractivity contribution is 5.76. The lowest BCUT2D eigenvalue weighted by Crippen LogP contribution is -2.36. The van der Waals surface area contributed by atoms with E-state index in [1.807, 2.05) is 48.9 Å². The molecule has 0 unspecified atom stereocenters. The van der Waals surface area contributed by atoms with Crippen LogP contribution in [0.25, 0.3) is 5.82 Å². The van der Waals surface area contributed by atoms with Gasteiger partial charge >= 0.3 is 0 Å². The van der Waals surface area contributed by atoms with Crippen LogP contribution in [-0.2, 0) is 22.5 Å². The first-order valence-corrected chi connectivity index (χ1v) is 11.1. The van der Waals surface area contributed by atoms with E-state index in [1.165, 1.54) is 0 Å². The third-order valence-electron chi connectivity index (χ3n) is 5.86. The molecule has 0 atom stereocenters. The zero-order valence-electron chi connectivity index (χ0n) is 19.4. The summed E-state index contributed by atoms with van der Waals surface area (Å²) in [5.74, 6) is 2.37. The van der Waals surface area contributed by atoms with Crippen molar-refractivity contribution in [2.45, 2.75) is 33.2 Å². The molecule has 1 saturated heterocycles. The molecule has 1 aliphatic heterocycles. The molecule has 33 heavy (non-hydrogen) atoms. The molecule has 0 bridgehead atoms. The maximum absolute atomic E-state index is 12.5. The van der Waals surface area contributed by atoms with Crippen molar-refractivity contribution in [3.63, 3.8) is 0 Å². The number of nitrogens with one attached hydrogen (secondary N) is 1. The Hall–Kier alpha value is -3.46. The van der Waals surface area contributed by atoms with Crippen LogP contribution in [0.1, 0.15) is 28.9 Å². The Morgan fingerprint density at radius 2 is 1.94 bits per heavy atom. The number of aryl methyl sites for hydroxylation is 1. The van der Waals surface area contributed by atoms with Crippen LogP contribution in [0.15, 0.2) is 36.7 Å². The molecule has 3 heterocycles. The van der Waals surface area contributed by atoms with E-state index in [0.29, 0.717) is 32.6 Å². The van der Waals surface area contributed by atoms with E-state index >= 15 is 0 Å². The van der Waals surface area contributed by atoms with Gasteiger partial charge in [-0.05, 0) is 43.5 Å². The van der Waals surface area contributed by atoms with E-state index in [0.717, 1.165) is 53.0 Å². The number of amides is 1. The molecule has 174 valence electrons. The van der Waals surface area contributed by atoms with Crippen molar-refractivity contribution in [2.75, 3.05) is 38.3 Å². The van der Waals surface area contributed by atoms with Crippen LogP contribution in [0.5, 0.6) is 5.75 Å². The van der Waals surface area contributed by atoms with Gasteiger partial charge in [0.1, 0.15) is 17.9 Å². The van der Waals surface area contributed by atoms with Crippen LogP contribution >= 0.6 is 0 Å². The number of benzene rings is 1. The molecule has 3 aromatic rings. The third-order valence-corrected chi connectivity index (χ3v) is 5.86. The highest BCUT2D eigenvalue weighted by Gasteiger charge is 2.17. The van der Waals surface area contributed by atoms with Gasteiger partial charge in [0.05, 0.1) is 26.0 Å². The Morgan fingerprint density at radius 1 is 1.15 bits per heavy atom. The summed E-state index contributed by atoms with van der Waals surface area (Å²) < 4.78 is 12.5. The first-order valence-electron chi connectivity index (χ1n) is 11.1. The maximum atomic E-state index is 12.5. The fraction of sp³-hybridized carbons (Fsp3) is 0.417. The number of hydrogen-bond donors (Lipinski definition) is 1. The largest absolute Gasteiger partial charge is 0.497 e. The van der Waals surface area contributed by atoms with Crippen molar-refractivity contribution in [3.8, 4) is 11.6 Å². The number of rotatable bonds is 8. The second-order valence-electron chi connectivity index (χ2n) is 8.02. The number of ether oxygens (including phenoxy) is 2. The Kier molecular flexibility index (Phi) is 7.19. The number of morpholine rings is 1. The molecule has 0 aliphatic carbocycles. The van der Waals surface area contributed by atoms with Gasteiger partial charge in [-0.1, -0.05) is 12.1 Å². The van der Waals surface area contributed by atoms with Gasteiger partial charge in [-0.3, -0.25) is 4.79 Å². The van der Waals surface area contributed by atoms with E-state index in [9.17, 15) is 4.79 Å². The molecule has 9 nitrogen and oxygen atoms in total. The standard InChI is InChI=1S/C24H30N6O3/c1-17-21(7-8-24(31)25-15-19-5-4-6-20(13-19)32-3)18(2)30(28-17)23-14-22(26-16-27-23)29-9-11-33-12-10-29/h4-6,13-14,16H,7-12,15H2,1-3H3,(H,25,31). The number of hydrogen-bond acceptors (Lipinski definition) is 7. The summed E-state index contributed by atoms with van der Waals surface area (Å²) in [4.78, 5) is 23.5. The van der Waals surface area contributed by atoms with Crippen molar-refractivity contribution in [2.24, 2.45) is 0 Å². The van der Waals surface area contributed by atoms with Gasteiger partial charge in [-0.25, -0.2) is 14.6 Å². The lowest BCUT2D eigenvalue weighted by molar-refractivity contribution is -0.121. The monoisotopic (exact) mass is 450 g/mol. The average Bonchev–Trinajstić information content (AvgIpc) is 3.15. The van der Waals surface area contributed by atoms with Gasteiger partial charge in [0.2, 0.25) is 5.91 Å². The summed E-state index contributed by atoms with van der Waals surface area (Å²) in [6, 6.07) is 9.64. The van der Waals surface area contributed by atoms with Crippen LogP contribution in [0, 0.1) is 13.8 Å². The number of carbonyl (C=O) groups excluding carboxylic acids is 1. The second-order valence-corrected chi connectivity index (χ2v) is 8.02. The molecular formula is C24H30N6O3. The molecule has 0 saturated carbocycles. The van der Waals surface area contributed by atoms with Crippen molar-refractivity contribution < 1.29 is 14.3 Å². The summed E-state index contributed by atoms with van der Waals surface area (Å²) in [6.45, 7) is 7.47. The number of nitrogens with zero attached hydrogens (tertiary/aromatic N) is 5. The predicted octanol–water partition coefficient (Wildman–Crippen LogP) is 2.37. The lowest BCUT2D eigenvalue weighted by atomic mass is 10.1. The summed E-state index contributed by atoms with van der Waals surface area (Å²) in [5.41, 5.74) is 3.96. The van der Waals surface area contributed by atoms with Gasteiger partial charge in [-0.15, -0.1) is 0 Å². The Morgan fingerprint density at radius 3 is 2.73 bits per heavy atom. The summed E-state index contributed by atoms with van der Waals surface area (Å²) in [6.07, 6.45) is 2.57. The zero-order valence-corrected chi connectivity index (χ0v) is 19.4. The van der Waals surface area contributed by atoms with Gasteiger partial charge < -0.3 is 19.7 Å². The normalized spacial score (nSPS) is 13.7. The summed E-state index contributed by atoms with van der Waals surface area (Å²) >= 11 is 0. The first-order chi connectivity index (χ1) is 16.0. The van der Waals surface area contributed by atoms with Crippen molar-refractivity contribution in [1.82, 2.24) is 25.1 Å². The van der Waals surface area contributed by atoms with E-state index in [4.69, 9.17) is 14.6 Å². The lowest BCUT2D eigenvalue weighted by Gasteiger charge is -2.27. The molecule has 9 heteroatoms. The smallest absolute Gasteiger partial charge is 0.220 e. The van der Waals surface area contributed by atoms with Crippen LogP contribution in [-0.4, -0.2) is 59.1 Å². The van der Waals surface area contributed by atoms with E-state index in [2.05, 4.69) is 20.2 Å². The first kappa shape index (κ1) is 22.7. The average molecular weight is 451 g/mol. The molecule has 1 fully saturated rings. The topological polar surface area (TPSA) is 94.4 Å². The fourth-order valence-electron chi connectivity index (χ4n) is 3.99. The van der Waals surface area contributed by atoms with Crippen molar-refractivity contribution >= 4 is 11.7 Å². The van der Waals surface area contributed by atoms with E-state index in [1.54, 1.807) is 13.4 Å². The molecule has 0 spiro atoms. The minimum absolute atomic E-state index is 0.000935. The van der Waals surface area contributed by atoms with E-state index < -0.39 is 0 Å². The zero-order chi connectivity index (χ0) is 23.2. The molecule has 1 aliphatic rings. The quantitative estimate of drug-likeness (QED) is 0.563. The molecular weight excluding hydrogens is 420 g/mol. The molecule has 1 aromatic carbocycles. The molecule has 1 N–H and O–H groups in total. The summed E-state index contributed by atoms with van der Waals surface area (Å²) in [5, 5.41) is 7.68. The van der Waals surface area contributed by atoms with Crippen LogP contribution in [0.4, 0.5) is 5.82 Å². The van der Waals surface area contributed by atoms with Crippen LogP contribution in [0.2, 0.25) is 0 Å². The molecule has 1 amide bonds. The Balaban J connectivity index is 1.40. The highest BCUT2D eigenvalue weighted by atomic mass is 16.5. The number of methoxy groups -OCH3 is 1. The second kappa shape index (κ2) is 10.4. The number of anilines is 1. The minimum Gasteiger partial charge on any atom is -0.497 e. The minimum atomic E-state index is 0.000935. The van der Waals surface area contributed by atoms with Gasteiger partial charge in [0.25, 0.3) is 0 Å². The fourth-order valence-corrected chi connectivity index (χ4v) is 3.99. The third kappa shape index (κ3) is 5.48. The SMILES string of the molecule is COc1cccc(CNC(=O)CCc2c(C)nn(-c3cc(N4CCOCC4)ncn3)c2C)c1. The molecule has 0 radical (unpaired) electrons. The number of aromatic nitrogens is 4. The van der Waals surface area contributed by atoms with Gasteiger partial charge in [-0.2, -0.15) is 5.10 Å².